The van der Waals surface area contributed by atoms with Gasteiger partial charge in [0.15, 0.2) is 0 Å². The normalized spacial score (nSPS) is 22.7. The number of ether oxygens (including phenoxy) is 1. The summed E-state index contributed by atoms with van der Waals surface area (Å²) in [7, 11) is 0. The fourth-order valence-corrected chi connectivity index (χ4v) is 1.76. The third kappa shape index (κ3) is 5.50. The molecule has 1 nitrogen and oxygen atoms in total. The highest BCUT2D eigenvalue weighted by Gasteiger charge is 2.36. The summed E-state index contributed by atoms with van der Waals surface area (Å²) >= 11 is 0. The van der Waals surface area contributed by atoms with E-state index in [1.54, 1.807) is 0 Å². The summed E-state index contributed by atoms with van der Waals surface area (Å²) in [5, 5.41) is 0. The second-order valence-corrected chi connectivity index (χ2v) is 4.07. The van der Waals surface area contributed by atoms with Gasteiger partial charge in [-0.15, -0.1) is 6.42 Å². The van der Waals surface area contributed by atoms with Crippen LogP contribution >= 0.6 is 0 Å². The molecule has 1 aliphatic rings. The Morgan fingerprint density at radius 3 is 2.67 bits per heavy atom. The standard InChI is InChI=1S/C14H20O/c1-3-5-7-8-10-12-14-13(15-14)11-9-6-4-2/h2,13-14H,3,5,7-8,10-12H2,1H3/t13-,14-/m1/s1. The predicted molar refractivity (Wildman–Crippen MR) is 63.3 cm³/mol. The lowest BCUT2D eigenvalue weighted by Crippen LogP contribution is -1.92. The van der Waals surface area contributed by atoms with Gasteiger partial charge in [-0.1, -0.05) is 44.9 Å². The highest BCUT2D eigenvalue weighted by Crippen LogP contribution is 2.29. The Hall–Kier alpha value is -0.920. The van der Waals surface area contributed by atoms with E-state index in [1.165, 1.54) is 38.5 Å². The first-order chi connectivity index (χ1) is 7.38. The second-order valence-electron chi connectivity index (χ2n) is 4.07. The van der Waals surface area contributed by atoms with Crippen molar-refractivity contribution in [3.8, 4) is 24.2 Å². The topological polar surface area (TPSA) is 12.5 Å². The summed E-state index contributed by atoms with van der Waals surface area (Å²) in [6.07, 6.45) is 14.6. The molecule has 0 aliphatic carbocycles. The molecule has 2 atom stereocenters. The first-order valence-corrected chi connectivity index (χ1v) is 5.97. The lowest BCUT2D eigenvalue weighted by molar-refractivity contribution is 0.359. The summed E-state index contributed by atoms with van der Waals surface area (Å²) < 4.78 is 5.50. The molecule has 82 valence electrons. The molecule has 0 spiro atoms. The Kier molecular flexibility index (Phi) is 5.98. The minimum absolute atomic E-state index is 0.372. The fourth-order valence-electron chi connectivity index (χ4n) is 1.76. The third-order valence-electron chi connectivity index (χ3n) is 2.74. The van der Waals surface area contributed by atoms with Gasteiger partial charge in [-0.25, -0.2) is 0 Å². The van der Waals surface area contributed by atoms with Crippen molar-refractivity contribution in [1.29, 1.82) is 0 Å². The van der Waals surface area contributed by atoms with Gasteiger partial charge in [-0.05, 0) is 18.3 Å². The van der Waals surface area contributed by atoms with Gasteiger partial charge in [0.05, 0.1) is 12.2 Å². The maximum Gasteiger partial charge on any atom is 0.0951 e. The second kappa shape index (κ2) is 7.38. The number of epoxide rings is 1. The van der Waals surface area contributed by atoms with Gasteiger partial charge >= 0.3 is 0 Å². The molecule has 0 aromatic rings. The van der Waals surface area contributed by atoms with E-state index in [-0.39, 0.29) is 0 Å². The van der Waals surface area contributed by atoms with E-state index >= 15 is 0 Å². The van der Waals surface area contributed by atoms with Crippen molar-refractivity contribution in [2.45, 2.75) is 64.1 Å². The van der Waals surface area contributed by atoms with E-state index in [9.17, 15) is 0 Å². The number of hydrogen-bond acceptors (Lipinski definition) is 1. The molecule has 1 aliphatic heterocycles. The highest BCUT2D eigenvalue weighted by atomic mass is 16.6. The average Bonchev–Trinajstić information content (AvgIpc) is 2.97. The van der Waals surface area contributed by atoms with Crippen molar-refractivity contribution in [1.82, 2.24) is 0 Å². The minimum atomic E-state index is 0.372. The summed E-state index contributed by atoms with van der Waals surface area (Å²) in [4.78, 5) is 0. The molecule has 0 unspecified atom stereocenters. The van der Waals surface area contributed by atoms with Gasteiger partial charge in [0, 0.05) is 6.42 Å². The van der Waals surface area contributed by atoms with Crippen LogP contribution in [0.5, 0.6) is 0 Å². The van der Waals surface area contributed by atoms with E-state index in [0.717, 1.165) is 6.42 Å². The van der Waals surface area contributed by atoms with Gasteiger partial charge in [0.25, 0.3) is 0 Å². The van der Waals surface area contributed by atoms with Gasteiger partial charge in [-0.2, -0.15) is 0 Å². The summed E-state index contributed by atoms with van der Waals surface area (Å²) in [6.45, 7) is 2.24. The van der Waals surface area contributed by atoms with Crippen LogP contribution in [-0.2, 0) is 4.74 Å². The monoisotopic (exact) mass is 204 g/mol. The van der Waals surface area contributed by atoms with Crippen LogP contribution in [0.4, 0.5) is 0 Å². The fraction of sp³-hybridized carbons (Fsp3) is 0.714. The molecular weight excluding hydrogens is 184 g/mol. The summed E-state index contributed by atoms with van der Waals surface area (Å²) in [6, 6.07) is 0. The molecular formula is C14H20O. The van der Waals surface area contributed by atoms with Crippen molar-refractivity contribution >= 4 is 0 Å². The van der Waals surface area contributed by atoms with Crippen LogP contribution in [0.1, 0.15) is 51.9 Å². The minimum Gasteiger partial charge on any atom is -0.369 e. The molecule has 0 radical (unpaired) electrons. The van der Waals surface area contributed by atoms with Crippen LogP contribution in [0.15, 0.2) is 0 Å². The predicted octanol–water partition coefficient (Wildman–Crippen LogP) is 3.14. The zero-order chi connectivity index (χ0) is 10.9. The third-order valence-corrected chi connectivity index (χ3v) is 2.74. The Labute approximate surface area is 93.6 Å². The van der Waals surface area contributed by atoms with E-state index in [0.29, 0.717) is 12.2 Å². The molecule has 0 aromatic heterocycles. The van der Waals surface area contributed by atoms with E-state index in [2.05, 4.69) is 24.7 Å². The summed E-state index contributed by atoms with van der Waals surface area (Å²) in [5.41, 5.74) is 0. The van der Waals surface area contributed by atoms with Gasteiger partial charge < -0.3 is 4.74 Å². The van der Waals surface area contributed by atoms with Crippen LogP contribution in [-0.4, -0.2) is 12.2 Å². The zero-order valence-electron chi connectivity index (χ0n) is 9.59. The van der Waals surface area contributed by atoms with Crippen molar-refractivity contribution < 1.29 is 4.74 Å². The summed E-state index contributed by atoms with van der Waals surface area (Å²) in [5.74, 6) is 7.86. The van der Waals surface area contributed by atoms with Gasteiger partial charge in [0.2, 0.25) is 0 Å². The van der Waals surface area contributed by atoms with Gasteiger partial charge in [0.1, 0.15) is 0 Å². The SMILES string of the molecule is C#CC#CC[C@H]1O[C@@H]1CCCCCCC. The van der Waals surface area contributed by atoms with Crippen molar-refractivity contribution in [2.24, 2.45) is 0 Å². The Balaban J connectivity index is 1.91. The molecule has 0 N–H and O–H groups in total. The van der Waals surface area contributed by atoms with Crippen LogP contribution in [0.2, 0.25) is 0 Å². The Morgan fingerprint density at radius 1 is 1.13 bits per heavy atom. The molecule has 15 heavy (non-hydrogen) atoms. The zero-order valence-corrected chi connectivity index (χ0v) is 9.59. The maximum atomic E-state index is 5.50. The van der Waals surface area contributed by atoms with Crippen molar-refractivity contribution in [3.05, 3.63) is 0 Å². The lowest BCUT2D eigenvalue weighted by Gasteiger charge is -1.96. The maximum absolute atomic E-state index is 5.50. The number of hydrogen-bond donors (Lipinski definition) is 0. The Bertz CT molecular complexity index is 263. The number of unbranched alkanes of at least 4 members (excludes halogenated alkanes) is 4. The molecule has 1 heterocycles. The molecule has 1 saturated heterocycles. The molecule has 1 fully saturated rings. The van der Waals surface area contributed by atoms with E-state index in [1.807, 2.05) is 0 Å². The quantitative estimate of drug-likeness (QED) is 0.352. The Morgan fingerprint density at radius 2 is 1.93 bits per heavy atom. The molecule has 0 bridgehead atoms. The first kappa shape index (κ1) is 12.2. The smallest absolute Gasteiger partial charge is 0.0951 e. The van der Waals surface area contributed by atoms with Crippen LogP contribution < -0.4 is 0 Å². The molecule has 0 aromatic carbocycles. The number of terminal acetylenes is 1. The molecule has 0 amide bonds. The highest BCUT2D eigenvalue weighted by molar-refractivity contribution is 5.22. The van der Waals surface area contributed by atoms with Crippen LogP contribution in [0, 0.1) is 24.2 Å². The lowest BCUT2D eigenvalue weighted by atomic mass is 10.1. The van der Waals surface area contributed by atoms with Gasteiger partial charge in [-0.3, -0.25) is 0 Å². The van der Waals surface area contributed by atoms with E-state index in [4.69, 9.17) is 11.2 Å². The van der Waals surface area contributed by atoms with E-state index < -0.39 is 0 Å². The molecule has 1 rings (SSSR count). The average molecular weight is 204 g/mol. The molecule has 0 saturated carbocycles. The number of rotatable bonds is 7. The molecule has 1 heteroatoms. The van der Waals surface area contributed by atoms with Crippen molar-refractivity contribution in [3.63, 3.8) is 0 Å². The first-order valence-electron chi connectivity index (χ1n) is 5.97. The van der Waals surface area contributed by atoms with Crippen LogP contribution in [0.25, 0.3) is 0 Å². The van der Waals surface area contributed by atoms with Crippen LogP contribution in [0.3, 0.4) is 0 Å². The largest absolute Gasteiger partial charge is 0.369 e. The van der Waals surface area contributed by atoms with Crippen molar-refractivity contribution in [2.75, 3.05) is 0 Å².